The van der Waals surface area contributed by atoms with Crippen molar-refractivity contribution in [2.45, 2.75) is 20.4 Å². The van der Waals surface area contributed by atoms with Crippen molar-refractivity contribution in [3.8, 4) is 0 Å². The number of nitrogens with one attached hydrogen (secondary N) is 1. The molecule has 1 aromatic carbocycles. The molecular weight excluding hydrogens is 364 g/mol. The Morgan fingerprint density at radius 1 is 0.931 bits per heavy atom. The Kier molecular flexibility index (Phi) is 8.31. The third-order valence-corrected chi connectivity index (χ3v) is 5.75. The number of nitrogens with zero attached hydrogens (tertiary/aromatic N) is 5. The number of hydrogen-bond acceptors (Lipinski definition) is 4. The summed E-state index contributed by atoms with van der Waals surface area (Å²) in [5.74, 6) is 1.22. The summed E-state index contributed by atoms with van der Waals surface area (Å²) in [7, 11) is 0. The van der Waals surface area contributed by atoms with Crippen LogP contribution >= 0.6 is 0 Å². The Morgan fingerprint density at radius 2 is 1.55 bits per heavy atom. The van der Waals surface area contributed by atoms with Gasteiger partial charge in [0, 0.05) is 78.9 Å². The minimum absolute atomic E-state index is 0.184. The molecule has 0 atom stereocenters. The first-order chi connectivity index (χ1) is 14.2. The van der Waals surface area contributed by atoms with Crippen molar-refractivity contribution in [3.05, 3.63) is 35.9 Å². The highest BCUT2D eigenvalue weighted by Crippen LogP contribution is 2.09. The van der Waals surface area contributed by atoms with E-state index in [2.05, 4.69) is 57.3 Å². The molecule has 3 rings (SSSR count). The Morgan fingerprint density at radius 3 is 2.17 bits per heavy atom. The normalized spacial score (nSPS) is 19.4. The van der Waals surface area contributed by atoms with Crippen LogP contribution in [-0.4, -0.2) is 103 Å². The third-order valence-electron chi connectivity index (χ3n) is 5.75. The Labute approximate surface area is 175 Å². The molecule has 7 nitrogen and oxygen atoms in total. The van der Waals surface area contributed by atoms with Crippen LogP contribution < -0.4 is 5.32 Å². The minimum Gasteiger partial charge on any atom is -0.357 e. The number of carbonyl (C=O) groups is 1. The molecule has 7 heteroatoms. The minimum atomic E-state index is 0.184. The number of piperazine rings is 2. The van der Waals surface area contributed by atoms with Crippen LogP contribution in [0.3, 0.4) is 0 Å². The van der Waals surface area contributed by atoms with E-state index in [1.54, 1.807) is 6.92 Å². The molecule has 0 aliphatic carbocycles. The summed E-state index contributed by atoms with van der Waals surface area (Å²) in [6, 6.07) is 10.7. The fourth-order valence-corrected chi connectivity index (χ4v) is 3.97. The van der Waals surface area contributed by atoms with Gasteiger partial charge in [0.05, 0.1) is 6.54 Å². The van der Waals surface area contributed by atoms with Crippen LogP contribution in [-0.2, 0) is 11.3 Å². The lowest BCUT2D eigenvalue weighted by molar-refractivity contribution is -0.130. The maximum atomic E-state index is 11.4. The molecule has 1 N–H and O–H groups in total. The fraction of sp³-hybridized carbons (Fsp3) is 0.636. The Balaban J connectivity index is 1.43. The van der Waals surface area contributed by atoms with Gasteiger partial charge in [0.25, 0.3) is 0 Å². The monoisotopic (exact) mass is 400 g/mol. The van der Waals surface area contributed by atoms with Crippen LogP contribution in [0, 0.1) is 0 Å². The first-order valence-electron chi connectivity index (χ1n) is 10.9. The lowest BCUT2D eigenvalue weighted by Gasteiger charge is -2.37. The van der Waals surface area contributed by atoms with Gasteiger partial charge >= 0.3 is 0 Å². The molecular formula is C22H36N6O. The molecule has 2 saturated heterocycles. The zero-order chi connectivity index (χ0) is 20.5. The second kappa shape index (κ2) is 11.2. The number of guanidine groups is 1. The largest absolute Gasteiger partial charge is 0.357 e. The van der Waals surface area contributed by atoms with Gasteiger partial charge in [-0.05, 0) is 12.5 Å². The van der Waals surface area contributed by atoms with Crippen molar-refractivity contribution >= 4 is 11.9 Å². The summed E-state index contributed by atoms with van der Waals surface area (Å²) < 4.78 is 0. The molecule has 1 amide bonds. The zero-order valence-corrected chi connectivity index (χ0v) is 18.0. The molecule has 29 heavy (non-hydrogen) atoms. The number of hydrogen-bond donors (Lipinski definition) is 1. The van der Waals surface area contributed by atoms with Crippen LogP contribution in [0.4, 0.5) is 0 Å². The molecule has 0 bridgehead atoms. The summed E-state index contributed by atoms with van der Waals surface area (Å²) in [4.78, 5) is 25.6. The van der Waals surface area contributed by atoms with Gasteiger partial charge in [-0.1, -0.05) is 30.3 Å². The molecule has 2 heterocycles. The summed E-state index contributed by atoms with van der Waals surface area (Å²) in [5.41, 5.74) is 1.38. The molecule has 1 aromatic rings. The Hall–Kier alpha value is -2.12. The van der Waals surface area contributed by atoms with Crippen LogP contribution in [0.25, 0.3) is 0 Å². The number of amides is 1. The van der Waals surface area contributed by atoms with E-state index >= 15 is 0 Å². The topological polar surface area (TPSA) is 54.4 Å². The summed E-state index contributed by atoms with van der Waals surface area (Å²) in [6.45, 7) is 15.2. The van der Waals surface area contributed by atoms with E-state index < -0.39 is 0 Å². The molecule has 160 valence electrons. The smallest absolute Gasteiger partial charge is 0.219 e. The summed E-state index contributed by atoms with van der Waals surface area (Å²) >= 11 is 0. The molecule has 0 unspecified atom stereocenters. The number of carbonyl (C=O) groups excluding carboxylic acids is 1. The first-order valence-corrected chi connectivity index (χ1v) is 10.9. The van der Waals surface area contributed by atoms with Crippen molar-refractivity contribution in [2.75, 3.05) is 72.0 Å². The highest BCUT2D eigenvalue weighted by molar-refractivity contribution is 5.80. The molecule has 0 radical (unpaired) electrons. The summed E-state index contributed by atoms with van der Waals surface area (Å²) in [5, 5.41) is 3.46. The number of benzene rings is 1. The third kappa shape index (κ3) is 6.72. The lowest BCUT2D eigenvalue weighted by atomic mass is 10.2. The van der Waals surface area contributed by atoms with Crippen LogP contribution in [0.5, 0.6) is 0 Å². The maximum absolute atomic E-state index is 11.4. The molecule has 0 spiro atoms. The van der Waals surface area contributed by atoms with Crippen LogP contribution in [0.2, 0.25) is 0 Å². The van der Waals surface area contributed by atoms with Gasteiger partial charge in [-0.15, -0.1) is 0 Å². The van der Waals surface area contributed by atoms with Gasteiger partial charge in [0.15, 0.2) is 5.96 Å². The average Bonchev–Trinajstić information content (AvgIpc) is 2.75. The van der Waals surface area contributed by atoms with E-state index in [0.29, 0.717) is 0 Å². The predicted octanol–water partition coefficient (Wildman–Crippen LogP) is 0.934. The van der Waals surface area contributed by atoms with E-state index in [-0.39, 0.29) is 5.91 Å². The molecule has 2 fully saturated rings. The standard InChI is InChI=1S/C22H36N6O/c1-3-23-22(24-9-10-25-11-15-27(16-12-25)20(2)29)28-17-13-26(14-18-28)19-21-7-5-4-6-8-21/h4-8H,3,9-19H2,1-2H3,(H,23,24). The van der Waals surface area contributed by atoms with Gasteiger partial charge in [-0.25, -0.2) is 0 Å². The maximum Gasteiger partial charge on any atom is 0.219 e. The fourth-order valence-electron chi connectivity index (χ4n) is 3.97. The van der Waals surface area contributed by atoms with Gasteiger partial charge < -0.3 is 15.1 Å². The predicted molar refractivity (Wildman–Crippen MR) is 118 cm³/mol. The highest BCUT2D eigenvalue weighted by atomic mass is 16.2. The second-order valence-electron chi connectivity index (χ2n) is 7.83. The SMILES string of the molecule is CCNC(=NCCN1CCN(C(C)=O)CC1)N1CCN(Cc2ccccc2)CC1. The van der Waals surface area contributed by atoms with E-state index in [1.165, 1.54) is 5.56 Å². The van der Waals surface area contributed by atoms with Gasteiger partial charge in [0.2, 0.25) is 5.91 Å². The average molecular weight is 401 g/mol. The molecule has 2 aliphatic heterocycles. The van der Waals surface area contributed by atoms with Gasteiger partial charge in [-0.2, -0.15) is 0 Å². The van der Waals surface area contributed by atoms with Crippen molar-refractivity contribution in [1.29, 1.82) is 0 Å². The Bertz CT molecular complexity index is 649. The number of rotatable bonds is 6. The second-order valence-corrected chi connectivity index (χ2v) is 7.83. The van der Waals surface area contributed by atoms with Crippen molar-refractivity contribution in [2.24, 2.45) is 4.99 Å². The lowest BCUT2D eigenvalue weighted by Crippen LogP contribution is -2.52. The van der Waals surface area contributed by atoms with Crippen molar-refractivity contribution in [1.82, 2.24) is 24.9 Å². The van der Waals surface area contributed by atoms with E-state index in [9.17, 15) is 4.79 Å². The van der Waals surface area contributed by atoms with Crippen molar-refractivity contribution in [3.63, 3.8) is 0 Å². The van der Waals surface area contributed by atoms with E-state index in [1.807, 2.05) is 4.90 Å². The molecule has 0 saturated carbocycles. The highest BCUT2D eigenvalue weighted by Gasteiger charge is 2.20. The molecule has 2 aliphatic rings. The zero-order valence-electron chi connectivity index (χ0n) is 18.0. The van der Waals surface area contributed by atoms with Crippen LogP contribution in [0.15, 0.2) is 35.3 Å². The molecule has 0 aromatic heterocycles. The van der Waals surface area contributed by atoms with E-state index in [4.69, 9.17) is 4.99 Å². The van der Waals surface area contributed by atoms with Crippen molar-refractivity contribution < 1.29 is 4.79 Å². The summed E-state index contributed by atoms with van der Waals surface area (Å²) in [6.07, 6.45) is 0. The quantitative estimate of drug-likeness (QED) is 0.569. The van der Waals surface area contributed by atoms with Gasteiger partial charge in [0.1, 0.15) is 0 Å². The number of aliphatic imine (C=N–C) groups is 1. The first kappa shape index (κ1) is 21.6. The van der Waals surface area contributed by atoms with Crippen LogP contribution in [0.1, 0.15) is 19.4 Å². The van der Waals surface area contributed by atoms with Gasteiger partial charge in [-0.3, -0.25) is 19.6 Å². The van der Waals surface area contributed by atoms with E-state index in [0.717, 1.165) is 84.5 Å².